The van der Waals surface area contributed by atoms with Crippen molar-refractivity contribution in [1.82, 2.24) is 9.80 Å². The number of nitrogens with zero attached hydrogens (tertiary/aromatic N) is 2. The van der Waals surface area contributed by atoms with E-state index in [1.165, 1.54) is 43.5 Å². The van der Waals surface area contributed by atoms with Gasteiger partial charge in [-0.2, -0.15) is 0 Å². The molecule has 1 heterocycles. The minimum absolute atomic E-state index is 0.625. The van der Waals surface area contributed by atoms with Crippen molar-refractivity contribution in [2.45, 2.75) is 51.6 Å². The van der Waals surface area contributed by atoms with Crippen LogP contribution in [0.5, 0.6) is 0 Å². The average molecular weight is 274 g/mol. The van der Waals surface area contributed by atoms with Crippen molar-refractivity contribution in [2.24, 2.45) is 0 Å². The molecule has 20 heavy (non-hydrogen) atoms. The van der Waals surface area contributed by atoms with E-state index in [9.17, 15) is 0 Å². The number of piperidine rings is 1. The monoisotopic (exact) mass is 274 g/mol. The van der Waals surface area contributed by atoms with Crippen molar-refractivity contribution in [1.29, 1.82) is 0 Å². The first-order valence-electron chi connectivity index (χ1n) is 8.04. The normalized spacial score (nSPS) is 20.8. The van der Waals surface area contributed by atoms with Crippen LogP contribution in [-0.4, -0.2) is 43.0 Å². The molecule has 1 aromatic carbocycles. The third-order valence-corrected chi connectivity index (χ3v) is 4.36. The van der Waals surface area contributed by atoms with Gasteiger partial charge < -0.3 is 4.90 Å². The molecule has 2 rings (SSSR count). The van der Waals surface area contributed by atoms with Crippen molar-refractivity contribution >= 4 is 0 Å². The molecule has 0 spiro atoms. The van der Waals surface area contributed by atoms with Crippen LogP contribution in [0, 0.1) is 0 Å². The van der Waals surface area contributed by atoms with Gasteiger partial charge in [-0.05, 0) is 50.5 Å². The molecular formula is C18H30N2. The van der Waals surface area contributed by atoms with Crippen LogP contribution in [0.3, 0.4) is 0 Å². The minimum Gasteiger partial charge on any atom is -0.308 e. The summed E-state index contributed by atoms with van der Waals surface area (Å²) in [5.74, 6) is 0.625. The predicted octanol–water partition coefficient (Wildman–Crippen LogP) is 3.73. The highest BCUT2D eigenvalue weighted by atomic mass is 15.2. The Morgan fingerprint density at radius 3 is 2.45 bits per heavy atom. The molecule has 0 radical (unpaired) electrons. The van der Waals surface area contributed by atoms with E-state index in [4.69, 9.17) is 0 Å². The van der Waals surface area contributed by atoms with Gasteiger partial charge in [-0.25, -0.2) is 0 Å². The Bertz CT molecular complexity index is 394. The smallest absolute Gasteiger partial charge is 0.0237 e. The lowest BCUT2D eigenvalue weighted by Gasteiger charge is -2.37. The van der Waals surface area contributed by atoms with Crippen LogP contribution < -0.4 is 0 Å². The molecular weight excluding hydrogens is 244 g/mol. The molecule has 1 aliphatic rings. The molecule has 0 aromatic heterocycles. The Hall–Kier alpha value is -0.860. The molecule has 1 aliphatic heterocycles. The van der Waals surface area contributed by atoms with Crippen molar-refractivity contribution in [3.63, 3.8) is 0 Å². The van der Waals surface area contributed by atoms with Crippen LogP contribution in [0.15, 0.2) is 24.3 Å². The Balaban J connectivity index is 1.99. The maximum atomic E-state index is 2.67. The van der Waals surface area contributed by atoms with Gasteiger partial charge in [0, 0.05) is 19.1 Å². The standard InChI is InChI=1S/C18H30N2/c1-15(2)17-10-8-16(9-11-17)13-20-12-6-5-7-18(20)14-19(3)4/h8-11,15,18H,5-7,12-14H2,1-4H3. The van der Waals surface area contributed by atoms with Gasteiger partial charge in [0.05, 0.1) is 0 Å². The SMILES string of the molecule is CC(C)c1ccc(CN2CCCCC2CN(C)C)cc1. The topological polar surface area (TPSA) is 6.48 Å². The van der Waals surface area contributed by atoms with E-state index in [2.05, 4.69) is 62.0 Å². The van der Waals surface area contributed by atoms with Crippen molar-refractivity contribution < 1.29 is 0 Å². The number of hydrogen-bond acceptors (Lipinski definition) is 2. The first-order valence-corrected chi connectivity index (χ1v) is 8.04. The van der Waals surface area contributed by atoms with Crippen LogP contribution >= 0.6 is 0 Å². The summed E-state index contributed by atoms with van der Waals surface area (Å²) in [5.41, 5.74) is 2.90. The molecule has 0 aliphatic carbocycles. The third kappa shape index (κ3) is 4.32. The van der Waals surface area contributed by atoms with Gasteiger partial charge in [-0.3, -0.25) is 4.90 Å². The molecule has 2 nitrogen and oxygen atoms in total. The summed E-state index contributed by atoms with van der Waals surface area (Å²) in [7, 11) is 4.37. The fraction of sp³-hybridized carbons (Fsp3) is 0.667. The number of likely N-dealkylation sites (tertiary alicyclic amines) is 1. The highest BCUT2D eigenvalue weighted by molar-refractivity contribution is 5.24. The molecule has 0 amide bonds. The molecule has 1 saturated heterocycles. The lowest BCUT2D eigenvalue weighted by molar-refractivity contribution is 0.114. The minimum atomic E-state index is 0.625. The third-order valence-electron chi connectivity index (χ3n) is 4.36. The average Bonchev–Trinajstić information content (AvgIpc) is 2.41. The lowest BCUT2D eigenvalue weighted by atomic mass is 9.99. The van der Waals surface area contributed by atoms with Crippen LogP contribution in [-0.2, 0) is 6.54 Å². The van der Waals surface area contributed by atoms with E-state index in [1.54, 1.807) is 0 Å². The molecule has 2 heteroatoms. The van der Waals surface area contributed by atoms with Gasteiger partial charge in [-0.1, -0.05) is 44.5 Å². The predicted molar refractivity (Wildman–Crippen MR) is 87.1 cm³/mol. The molecule has 1 unspecified atom stereocenters. The first kappa shape index (κ1) is 15.5. The van der Waals surface area contributed by atoms with Crippen LogP contribution in [0.2, 0.25) is 0 Å². The summed E-state index contributed by atoms with van der Waals surface area (Å²) < 4.78 is 0. The van der Waals surface area contributed by atoms with E-state index >= 15 is 0 Å². The van der Waals surface area contributed by atoms with E-state index in [0.717, 1.165) is 12.6 Å². The zero-order valence-electron chi connectivity index (χ0n) is 13.6. The Morgan fingerprint density at radius 1 is 1.15 bits per heavy atom. The Labute approximate surface area is 124 Å². The summed E-state index contributed by atoms with van der Waals surface area (Å²) >= 11 is 0. The van der Waals surface area contributed by atoms with Crippen molar-refractivity contribution in [2.75, 3.05) is 27.2 Å². The molecule has 0 saturated carbocycles. The van der Waals surface area contributed by atoms with E-state index < -0.39 is 0 Å². The molecule has 1 atom stereocenters. The quantitative estimate of drug-likeness (QED) is 0.807. The summed E-state index contributed by atoms with van der Waals surface area (Å²) in [6, 6.07) is 9.95. The molecule has 112 valence electrons. The van der Waals surface area contributed by atoms with Gasteiger partial charge in [0.1, 0.15) is 0 Å². The van der Waals surface area contributed by atoms with E-state index in [1.807, 2.05) is 0 Å². The lowest BCUT2D eigenvalue weighted by Crippen LogP contribution is -2.44. The fourth-order valence-electron chi connectivity index (χ4n) is 3.14. The van der Waals surface area contributed by atoms with Crippen LogP contribution in [0.25, 0.3) is 0 Å². The van der Waals surface area contributed by atoms with Crippen molar-refractivity contribution in [3.8, 4) is 0 Å². The van der Waals surface area contributed by atoms with Gasteiger partial charge in [0.15, 0.2) is 0 Å². The largest absolute Gasteiger partial charge is 0.308 e. The Morgan fingerprint density at radius 2 is 1.85 bits per heavy atom. The maximum Gasteiger partial charge on any atom is 0.0237 e. The highest BCUT2D eigenvalue weighted by Gasteiger charge is 2.22. The molecule has 1 aromatic rings. The van der Waals surface area contributed by atoms with Crippen LogP contribution in [0.1, 0.15) is 50.2 Å². The number of likely N-dealkylation sites (N-methyl/N-ethyl adjacent to an activating group) is 1. The number of benzene rings is 1. The van der Waals surface area contributed by atoms with E-state index in [0.29, 0.717) is 5.92 Å². The van der Waals surface area contributed by atoms with E-state index in [-0.39, 0.29) is 0 Å². The van der Waals surface area contributed by atoms with Crippen molar-refractivity contribution in [3.05, 3.63) is 35.4 Å². The Kier molecular flexibility index (Phi) is 5.62. The molecule has 1 fully saturated rings. The van der Waals surface area contributed by atoms with Gasteiger partial charge >= 0.3 is 0 Å². The highest BCUT2D eigenvalue weighted by Crippen LogP contribution is 2.21. The maximum absolute atomic E-state index is 2.67. The number of rotatable bonds is 5. The second kappa shape index (κ2) is 7.24. The second-order valence-electron chi connectivity index (χ2n) is 6.78. The van der Waals surface area contributed by atoms with Crippen LogP contribution in [0.4, 0.5) is 0 Å². The first-order chi connectivity index (χ1) is 9.56. The summed E-state index contributed by atoms with van der Waals surface area (Å²) in [4.78, 5) is 5.00. The molecule has 0 bridgehead atoms. The zero-order chi connectivity index (χ0) is 14.5. The summed E-state index contributed by atoms with van der Waals surface area (Å²) in [6.07, 6.45) is 4.09. The number of hydrogen-bond donors (Lipinski definition) is 0. The molecule has 0 N–H and O–H groups in total. The summed E-state index contributed by atoms with van der Waals surface area (Å²) in [6.45, 7) is 8.06. The van der Waals surface area contributed by atoms with Gasteiger partial charge in [-0.15, -0.1) is 0 Å². The summed E-state index contributed by atoms with van der Waals surface area (Å²) in [5, 5.41) is 0. The second-order valence-corrected chi connectivity index (χ2v) is 6.78. The zero-order valence-corrected chi connectivity index (χ0v) is 13.6. The van der Waals surface area contributed by atoms with Gasteiger partial charge in [0.25, 0.3) is 0 Å². The van der Waals surface area contributed by atoms with Gasteiger partial charge in [0.2, 0.25) is 0 Å². The fourth-order valence-corrected chi connectivity index (χ4v) is 3.14.